The summed E-state index contributed by atoms with van der Waals surface area (Å²) in [5.74, 6) is -0.0939. The normalized spacial score (nSPS) is 19.0. The molecule has 146 valence electrons. The van der Waals surface area contributed by atoms with Crippen LogP contribution in [-0.2, 0) is 16.1 Å². The van der Waals surface area contributed by atoms with Crippen LogP contribution >= 0.6 is 12.2 Å². The largest absolute Gasteiger partial charge is 0.352 e. The molecule has 1 saturated heterocycles. The predicted molar refractivity (Wildman–Crippen MR) is 113 cm³/mol. The van der Waals surface area contributed by atoms with Gasteiger partial charge in [-0.25, -0.2) is 0 Å². The summed E-state index contributed by atoms with van der Waals surface area (Å²) >= 11 is 5.23. The van der Waals surface area contributed by atoms with Gasteiger partial charge in [-0.1, -0.05) is 31.0 Å². The van der Waals surface area contributed by atoms with Gasteiger partial charge < -0.3 is 15.2 Å². The minimum Gasteiger partial charge on any atom is -0.352 e. The number of nitrogens with zero attached hydrogens (tertiary/aromatic N) is 2. The third-order valence-electron chi connectivity index (χ3n) is 5.43. The van der Waals surface area contributed by atoms with E-state index in [1.165, 1.54) is 17.7 Å². The molecule has 2 fully saturated rings. The van der Waals surface area contributed by atoms with E-state index in [4.69, 9.17) is 12.2 Å². The number of likely N-dealkylation sites (N-methyl/N-ethyl adjacent to an activating group) is 1. The topological polar surface area (TPSA) is 66.4 Å². The van der Waals surface area contributed by atoms with E-state index in [2.05, 4.69) is 10.6 Å². The van der Waals surface area contributed by atoms with Gasteiger partial charge in [0, 0.05) is 35.2 Å². The molecular weight excluding hydrogens is 372 g/mol. The number of fused-ring (bicyclic) bond motifs is 1. The van der Waals surface area contributed by atoms with Crippen LogP contribution in [0, 0.1) is 0 Å². The second-order valence-electron chi connectivity index (χ2n) is 7.32. The molecule has 6 nitrogen and oxygen atoms in total. The second kappa shape index (κ2) is 7.75. The number of benzene rings is 1. The Bertz CT molecular complexity index is 972. The van der Waals surface area contributed by atoms with Crippen LogP contribution in [0.1, 0.15) is 38.2 Å². The van der Waals surface area contributed by atoms with Crippen molar-refractivity contribution in [3.05, 3.63) is 41.7 Å². The number of nitrogens with one attached hydrogen (secondary N) is 2. The van der Waals surface area contributed by atoms with Gasteiger partial charge in [-0.15, -0.1) is 0 Å². The first kappa shape index (κ1) is 18.7. The Balaban J connectivity index is 1.61. The number of para-hydroxylation sites is 1. The highest BCUT2D eigenvalue weighted by atomic mass is 32.1. The van der Waals surface area contributed by atoms with Crippen LogP contribution in [0.15, 0.2) is 36.2 Å². The fourth-order valence-corrected chi connectivity index (χ4v) is 4.36. The molecule has 28 heavy (non-hydrogen) atoms. The first-order chi connectivity index (χ1) is 13.6. The molecular formula is C21H24N4O2S. The van der Waals surface area contributed by atoms with Crippen molar-refractivity contribution < 1.29 is 9.59 Å². The maximum Gasteiger partial charge on any atom is 0.276 e. The molecule has 1 aromatic heterocycles. The summed E-state index contributed by atoms with van der Waals surface area (Å²) in [4.78, 5) is 26.5. The van der Waals surface area contributed by atoms with E-state index in [1.54, 1.807) is 0 Å². The zero-order chi connectivity index (χ0) is 19.7. The Morgan fingerprint density at radius 3 is 2.79 bits per heavy atom. The summed E-state index contributed by atoms with van der Waals surface area (Å²) in [6.07, 6.45) is 8.25. The minimum atomic E-state index is -0.122. The second-order valence-corrected chi connectivity index (χ2v) is 7.70. The van der Waals surface area contributed by atoms with Gasteiger partial charge in [-0.3, -0.25) is 14.5 Å². The van der Waals surface area contributed by atoms with Gasteiger partial charge in [0.25, 0.3) is 5.91 Å². The molecule has 0 spiro atoms. The van der Waals surface area contributed by atoms with E-state index in [1.807, 2.05) is 48.0 Å². The van der Waals surface area contributed by atoms with Crippen LogP contribution in [0.3, 0.4) is 0 Å². The Morgan fingerprint density at radius 1 is 1.32 bits per heavy atom. The van der Waals surface area contributed by atoms with Crippen molar-refractivity contribution >= 4 is 46.1 Å². The zero-order valence-corrected chi connectivity index (χ0v) is 16.7. The van der Waals surface area contributed by atoms with Crippen LogP contribution in [0.2, 0.25) is 0 Å². The molecule has 0 atom stereocenters. The van der Waals surface area contributed by atoms with Gasteiger partial charge in [0.05, 0.1) is 0 Å². The molecule has 0 unspecified atom stereocenters. The molecule has 2 heterocycles. The van der Waals surface area contributed by atoms with Gasteiger partial charge in [0.15, 0.2) is 5.11 Å². The number of thiocarbonyl (C=S) groups is 1. The summed E-state index contributed by atoms with van der Waals surface area (Å²) in [7, 11) is 0. The molecule has 4 rings (SSSR count). The molecule has 1 aliphatic carbocycles. The average molecular weight is 397 g/mol. The number of hydrogen-bond donors (Lipinski definition) is 2. The fourth-order valence-electron chi connectivity index (χ4n) is 4.03. The number of hydrogen-bond acceptors (Lipinski definition) is 3. The fraction of sp³-hybridized carbons (Fsp3) is 0.381. The first-order valence-corrected chi connectivity index (χ1v) is 10.2. The molecule has 0 radical (unpaired) electrons. The van der Waals surface area contributed by atoms with Crippen LogP contribution < -0.4 is 10.6 Å². The van der Waals surface area contributed by atoms with E-state index >= 15 is 0 Å². The molecule has 0 bridgehead atoms. The van der Waals surface area contributed by atoms with Gasteiger partial charge >= 0.3 is 0 Å². The molecule has 2 amide bonds. The highest BCUT2D eigenvalue weighted by Gasteiger charge is 2.29. The van der Waals surface area contributed by atoms with E-state index in [-0.39, 0.29) is 18.4 Å². The quantitative estimate of drug-likeness (QED) is 0.603. The molecule has 1 aliphatic heterocycles. The van der Waals surface area contributed by atoms with E-state index in [0.717, 1.165) is 29.3 Å². The van der Waals surface area contributed by atoms with E-state index in [9.17, 15) is 9.59 Å². The molecule has 2 aliphatic rings. The lowest BCUT2D eigenvalue weighted by Gasteiger charge is -2.12. The highest BCUT2D eigenvalue weighted by Crippen LogP contribution is 2.25. The molecule has 2 N–H and O–H groups in total. The Hall–Kier alpha value is -2.67. The first-order valence-electron chi connectivity index (χ1n) is 9.78. The molecule has 1 saturated carbocycles. The SMILES string of the molecule is CCN1C(=O)/C(=C/c2cn(CC(=O)NC3CCCC3)c3ccccc23)NC1=S. The van der Waals surface area contributed by atoms with Crippen molar-refractivity contribution in [1.82, 2.24) is 20.1 Å². The average Bonchev–Trinajstić information content (AvgIpc) is 3.36. The van der Waals surface area contributed by atoms with Crippen molar-refractivity contribution in [3.8, 4) is 0 Å². The van der Waals surface area contributed by atoms with Crippen LogP contribution in [0.5, 0.6) is 0 Å². The van der Waals surface area contributed by atoms with Gasteiger partial charge in [-0.05, 0) is 44.1 Å². The van der Waals surface area contributed by atoms with Crippen LogP contribution in [-0.4, -0.2) is 39.0 Å². The standard InChI is InChI=1S/C21H24N4O2S/c1-2-25-20(27)17(23-21(25)28)11-14-12-24(18-10-6-5-9-16(14)18)13-19(26)22-15-7-3-4-8-15/h5-6,9-12,15H,2-4,7-8,13H2,1H3,(H,22,26)(H,23,28)/b17-11-. The van der Waals surface area contributed by atoms with Crippen molar-refractivity contribution in [1.29, 1.82) is 0 Å². The van der Waals surface area contributed by atoms with Gasteiger partial charge in [0.2, 0.25) is 5.91 Å². The van der Waals surface area contributed by atoms with Gasteiger partial charge in [0.1, 0.15) is 12.2 Å². The van der Waals surface area contributed by atoms with Crippen molar-refractivity contribution in [2.24, 2.45) is 0 Å². The molecule has 1 aromatic carbocycles. The van der Waals surface area contributed by atoms with E-state index in [0.29, 0.717) is 23.4 Å². The van der Waals surface area contributed by atoms with E-state index < -0.39 is 0 Å². The maximum absolute atomic E-state index is 12.5. The van der Waals surface area contributed by atoms with Gasteiger partial charge in [-0.2, -0.15) is 0 Å². The van der Waals surface area contributed by atoms with Crippen LogP contribution in [0.25, 0.3) is 17.0 Å². The third-order valence-corrected chi connectivity index (χ3v) is 5.75. The minimum absolute atomic E-state index is 0.0280. The number of carbonyl (C=O) groups excluding carboxylic acids is 2. The van der Waals surface area contributed by atoms with Crippen molar-refractivity contribution in [3.63, 3.8) is 0 Å². The lowest BCUT2D eigenvalue weighted by Crippen LogP contribution is -2.35. The maximum atomic E-state index is 12.5. The Kier molecular flexibility index (Phi) is 5.17. The predicted octanol–water partition coefficient (Wildman–Crippen LogP) is 2.78. The monoisotopic (exact) mass is 396 g/mol. The lowest BCUT2D eigenvalue weighted by atomic mass is 10.1. The van der Waals surface area contributed by atoms with Crippen molar-refractivity contribution in [2.45, 2.75) is 45.2 Å². The summed E-state index contributed by atoms with van der Waals surface area (Å²) in [5.41, 5.74) is 2.32. The van der Waals surface area contributed by atoms with Crippen LogP contribution in [0.4, 0.5) is 0 Å². The molecule has 2 aromatic rings. The summed E-state index contributed by atoms with van der Waals surface area (Å²) in [6.45, 7) is 2.69. The summed E-state index contributed by atoms with van der Waals surface area (Å²) in [5, 5.41) is 7.56. The summed E-state index contributed by atoms with van der Waals surface area (Å²) < 4.78 is 1.95. The Morgan fingerprint density at radius 2 is 2.07 bits per heavy atom. The van der Waals surface area contributed by atoms with Crippen molar-refractivity contribution in [2.75, 3.05) is 6.54 Å². The number of carbonyl (C=O) groups is 2. The number of aromatic nitrogens is 1. The Labute approximate surface area is 169 Å². The smallest absolute Gasteiger partial charge is 0.276 e. The zero-order valence-electron chi connectivity index (χ0n) is 15.9. The number of rotatable bonds is 5. The summed E-state index contributed by atoms with van der Waals surface area (Å²) in [6, 6.07) is 8.21. The highest BCUT2D eigenvalue weighted by molar-refractivity contribution is 7.80. The lowest BCUT2D eigenvalue weighted by molar-refractivity contribution is -0.123. The third kappa shape index (κ3) is 3.54. The molecule has 7 heteroatoms. The number of amides is 2.